The lowest BCUT2D eigenvalue weighted by Crippen LogP contribution is -2.38. The highest BCUT2D eigenvalue weighted by molar-refractivity contribution is 7.09. The number of benzene rings is 1. The summed E-state index contributed by atoms with van der Waals surface area (Å²) in [6.07, 6.45) is 2.09. The molecule has 1 aromatic carbocycles. The zero-order chi connectivity index (χ0) is 21.0. The molecule has 0 atom stereocenters. The van der Waals surface area contributed by atoms with E-state index in [1.807, 2.05) is 19.2 Å². The van der Waals surface area contributed by atoms with Crippen LogP contribution in [-0.2, 0) is 11.2 Å². The third-order valence-electron chi connectivity index (χ3n) is 5.08. The van der Waals surface area contributed by atoms with E-state index in [0.29, 0.717) is 38.9 Å². The van der Waals surface area contributed by atoms with Gasteiger partial charge in [-0.3, -0.25) is 9.59 Å². The number of amides is 2. The molecule has 0 bridgehead atoms. The van der Waals surface area contributed by atoms with E-state index in [2.05, 4.69) is 10.3 Å². The standard InChI is InChI=1S/C21H25F2N3O2S/c1-13(2)19(27)24-9-6-15-12-29-20(25-15)14-7-10-26(11-8-14)21(28)18-16(22)4-3-5-17(18)23/h3-5,12-14H,6-11H2,1-2H3,(H,24,27). The first-order chi connectivity index (χ1) is 13.9. The number of nitrogens with one attached hydrogen (secondary N) is 1. The van der Waals surface area contributed by atoms with E-state index in [1.54, 1.807) is 11.3 Å². The third-order valence-corrected chi connectivity index (χ3v) is 6.14. The summed E-state index contributed by atoms with van der Waals surface area (Å²) in [4.78, 5) is 30.3. The number of aromatic nitrogens is 1. The van der Waals surface area contributed by atoms with E-state index >= 15 is 0 Å². The smallest absolute Gasteiger partial charge is 0.259 e. The molecule has 2 amide bonds. The number of thiazole rings is 1. The average molecular weight is 422 g/mol. The van der Waals surface area contributed by atoms with Crippen LogP contribution in [0.2, 0.25) is 0 Å². The number of hydrogen-bond donors (Lipinski definition) is 1. The van der Waals surface area contributed by atoms with Gasteiger partial charge in [0.15, 0.2) is 0 Å². The van der Waals surface area contributed by atoms with Crippen molar-refractivity contribution in [1.82, 2.24) is 15.2 Å². The Hall–Kier alpha value is -2.35. The zero-order valence-electron chi connectivity index (χ0n) is 16.6. The van der Waals surface area contributed by atoms with E-state index in [0.717, 1.165) is 22.8 Å². The fraction of sp³-hybridized carbons (Fsp3) is 0.476. The van der Waals surface area contributed by atoms with E-state index in [-0.39, 0.29) is 17.7 Å². The number of hydrogen-bond acceptors (Lipinski definition) is 4. The SMILES string of the molecule is CC(C)C(=O)NCCc1csc(C2CCN(C(=O)c3c(F)cccc3F)CC2)n1. The van der Waals surface area contributed by atoms with Crippen LogP contribution in [0.4, 0.5) is 8.78 Å². The number of likely N-dealkylation sites (tertiary alicyclic amines) is 1. The first-order valence-corrected chi connectivity index (χ1v) is 10.7. The van der Waals surface area contributed by atoms with E-state index in [4.69, 9.17) is 0 Å². The molecule has 0 aliphatic carbocycles. The van der Waals surface area contributed by atoms with Crippen LogP contribution in [0.5, 0.6) is 0 Å². The summed E-state index contributed by atoms with van der Waals surface area (Å²) < 4.78 is 27.7. The molecule has 0 radical (unpaired) electrons. The predicted octanol–water partition coefficient (Wildman–Crippen LogP) is 3.76. The summed E-state index contributed by atoms with van der Waals surface area (Å²) in [5.74, 6) is -2.03. The highest BCUT2D eigenvalue weighted by atomic mass is 32.1. The molecule has 0 spiro atoms. The van der Waals surface area contributed by atoms with Crippen molar-refractivity contribution in [2.45, 2.75) is 39.0 Å². The number of halogens is 2. The first kappa shape index (κ1) is 21.4. The third kappa shape index (κ3) is 5.18. The zero-order valence-corrected chi connectivity index (χ0v) is 17.4. The Labute approximate surface area is 173 Å². The van der Waals surface area contributed by atoms with Gasteiger partial charge in [0, 0.05) is 43.3 Å². The van der Waals surface area contributed by atoms with Crippen LogP contribution in [0.3, 0.4) is 0 Å². The van der Waals surface area contributed by atoms with Gasteiger partial charge in [0.25, 0.3) is 5.91 Å². The molecule has 1 N–H and O–H groups in total. The van der Waals surface area contributed by atoms with Gasteiger partial charge in [-0.25, -0.2) is 13.8 Å². The van der Waals surface area contributed by atoms with Crippen molar-refractivity contribution < 1.29 is 18.4 Å². The fourth-order valence-corrected chi connectivity index (χ4v) is 4.36. The number of carbonyl (C=O) groups is 2. The summed E-state index contributed by atoms with van der Waals surface area (Å²) >= 11 is 1.58. The summed E-state index contributed by atoms with van der Waals surface area (Å²) in [6.45, 7) is 5.15. The minimum atomic E-state index is -0.828. The number of rotatable bonds is 6. The number of carbonyl (C=O) groups excluding carboxylic acids is 2. The Balaban J connectivity index is 1.53. The van der Waals surface area contributed by atoms with Crippen LogP contribution < -0.4 is 5.32 Å². The minimum Gasteiger partial charge on any atom is -0.355 e. The summed E-state index contributed by atoms with van der Waals surface area (Å²) in [6, 6.07) is 3.45. The minimum absolute atomic E-state index is 0.0313. The Morgan fingerprint density at radius 1 is 1.24 bits per heavy atom. The molecule has 5 nitrogen and oxygen atoms in total. The molecule has 0 saturated carbocycles. The monoisotopic (exact) mass is 421 g/mol. The molecular formula is C21H25F2N3O2S. The second kappa shape index (κ2) is 9.43. The van der Waals surface area contributed by atoms with Crippen LogP contribution in [0, 0.1) is 17.6 Å². The molecule has 1 aliphatic rings. The van der Waals surface area contributed by atoms with Crippen molar-refractivity contribution in [1.29, 1.82) is 0 Å². The maximum atomic E-state index is 13.9. The Morgan fingerprint density at radius 2 is 1.90 bits per heavy atom. The predicted molar refractivity (Wildman–Crippen MR) is 108 cm³/mol. The topological polar surface area (TPSA) is 62.3 Å². The molecule has 0 unspecified atom stereocenters. The van der Waals surface area contributed by atoms with Gasteiger partial charge in [-0.2, -0.15) is 0 Å². The van der Waals surface area contributed by atoms with Crippen molar-refractivity contribution in [3.05, 3.63) is 51.5 Å². The number of piperidine rings is 1. The van der Waals surface area contributed by atoms with Crippen LogP contribution in [0.15, 0.2) is 23.6 Å². The second-order valence-electron chi connectivity index (χ2n) is 7.54. The van der Waals surface area contributed by atoms with Gasteiger partial charge in [-0.05, 0) is 25.0 Å². The Morgan fingerprint density at radius 3 is 2.52 bits per heavy atom. The molecule has 1 aliphatic heterocycles. The van der Waals surface area contributed by atoms with Crippen molar-refractivity contribution in [3.63, 3.8) is 0 Å². The van der Waals surface area contributed by atoms with Gasteiger partial charge in [0.2, 0.25) is 5.91 Å². The van der Waals surface area contributed by atoms with Crippen LogP contribution in [0.25, 0.3) is 0 Å². The van der Waals surface area contributed by atoms with Crippen LogP contribution >= 0.6 is 11.3 Å². The van der Waals surface area contributed by atoms with Crippen molar-refractivity contribution in [2.75, 3.05) is 19.6 Å². The molecule has 1 aromatic heterocycles. The van der Waals surface area contributed by atoms with Gasteiger partial charge >= 0.3 is 0 Å². The Bertz CT molecular complexity index is 856. The summed E-state index contributed by atoms with van der Waals surface area (Å²) in [5, 5.41) is 5.90. The molecule has 8 heteroatoms. The molecule has 2 aromatic rings. The highest BCUT2D eigenvalue weighted by Crippen LogP contribution is 2.31. The molecule has 1 fully saturated rings. The van der Waals surface area contributed by atoms with Crippen molar-refractivity contribution >= 4 is 23.2 Å². The molecule has 156 valence electrons. The molecule has 2 heterocycles. The normalized spacial score (nSPS) is 15.0. The summed E-state index contributed by atoms with van der Waals surface area (Å²) in [5.41, 5.74) is 0.465. The molecular weight excluding hydrogens is 396 g/mol. The fourth-order valence-electron chi connectivity index (χ4n) is 3.33. The first-order valence-electron chi connectivity index (χ1n) is 9.82. The number of nitrogens with zero attached hydrogens (tertiary/aromatic N) is 2. The van der Waals surface area contributed by atoms with E-state index < -0.39 is 23.1 Å². The van der Waals surface area contributed by atoms with Gasteiger partial charge in [-0.1, -0.05) is 19.9 Å². The molecule has 3 rings (SSSR count). The maximum Gasteiger partial charge on any atom is 0.259 e. The van der Waals surface area contributed by atoms with E-state index in [1.165, 1.54) is 11.0 Å². The second-order valence-corrected chi connectivity index (χ2v) is 8.43. The van der Waals surface area contributed by atoms with Gasteiger partial charge in [-0.15, -0.1) is 11.3 Å². The quantitative estimate of drug-likeness (QED) is 0.773. The summed E-state index contributed by atoms with van der Waals surface area (Å²) in [7, 11) is 0. The molecule has 29 heavy (non-hydrogen) atoms. The van der Waals surface area contributed by atoms with Gasteiger partial charge in [0.05, 0.1) is 10.7 Å². The lowest BCUT2D eigenvalue weighted by Gasteiger charge is -2.31. The average Bonchev–Trinajstić information content (AvgIpc) is 3.16. The van der Waals surface area contributed by atoms with Crippen molar-refractivity contribution in [3.8, 4) is 0 Å². The molecule has 1 saturated heterocycles. The van der Waals surface area contributed by atoms with Gasteiger partial charge in [0.1, 0.15) is 17.2 Å². The van der Waals surface area contributed by atoms with E-state index in [9.17, 15) is 18.4 Å². The largest absolute Gasteiger partial charge is 0.355 e. The van der Waals surface area contributed by atoms with Gasteiger partial charge < -0.3 is 10.2 Å². The highest BCUT2D eigenvalue weighted by Gasteiger charge is 2.29. The maximum absolute atomic E-state index is 13.9. The lowest BCUT2D eigenvalue weighted by molar-refractivity contribution is -0.123. The van der Waals surface area contributed by atoms with Crippen LogP contribution in [0.1, 0.15) is 53.7 Å². The Kier molecular flexibility index (Phi) is 6.95. The van der Waals surface area contributed by atoms with Crippen LogP contribution in [-0.4, -0.2) is 41.3 Å². The lowest BCUT2D eigenvalue weighted by atomic mass is 9.97. The van der Waals surface area contributed by atoms with Crippen molar-refractivity contribution in [2.24, 2.45) is 5.92 Å².